The molecule has 98 valence electrons. The molecule has 1 aromatic rings. The lowest BCUT2D eigenvalue weighted by Gasteiger charge is -2.17. The van der Waals surface area contributed by atoms with E-state index in [1.165, 1.54) is 0 Å². The van der Waals surface area contributed by atoms with Gasteiger partial charge in [0.25, 0.3) is 5.91 Å². The molecule has 1 aromatic carbocycles. The van der Waals surface area contributed by atoms with Gasteiger partial charge in [0.15, 0.2) is 0 Å². The standard InChI is InChI=1S/C13H16Cl2N2O/c1-2-8-3-4-17(7-8)13(18)9-5-10(14)12(15)11(16)6-9/h5-6,8H,2-4,7,16H2,1H3. The number of hydrogen-bond donors (Lipinski definition) is 1. The molecule has 2 rings (SSSR count). The third-order valence-electron chi connectivity index (χ3n) is 3.45. The Labute approximate surface area is 117 Å². The largest absolute Gasteiger partial charge is 0.397 e. The summed E-state index contributed by atoms with van der Waals surface area (Å²) >= 11 is 11.8. The topological polar surface area (TPSA) is 46.3 Å². The van der Waals surface area contributed by atoms with Crippen molar-refractivity contribution in [2.45, 2.75) is 19.8 Å². The van der Waals surface area contributed by atoms with Crippen molar-refractivity contribution in [1.29, 1.82) is 0 Å². The molecule has 18 heavy (non-hydrogen) atoms. The van der Waals surface area contributed by atoms with Crippen molar-refractivity contribution in [1.82, 2.24) is 4.90 Å². The second kappa shape index (κ2) is 5.37. The molecule has 3 nitrogen and oxygen atoms in total. The van der Waals surface area contributed by atoms with E-state index in [0.717, 1.165) is 25.9 Å². The highest BCUT2D eigenvalue weighted by molar-refractivity contribution is 6.43. The quantitative estimate of drug-likeness (QED) is 0.847. The first-order chi connectivity index (χ1) is 8.52. The van der Waals surface area contributed by atoms with E-state index in [0.29, 0.717) is 27.2 Å². The van der Waals surface area contributed by atoms with Crippen LogP contribution in [0.2, 0.25) is 10.0 Å². The highest BCUT2D eigenvalue weighted by Gasteiger charge is 2.26. The van der Waals surface area contributed by atoms with Gasteiger partial charge in [-0.1, -0.05) is 36.5 Å². The van der Waals surface area contributed by atoms with E-state index >= 15 is 0 Å². The van der Waals surface area contributed by atoms with E-state index < -0.39 is 0 Å². The average Bonchev–Trinajstić information content (AvgIpc) is 2.83. The molecular weight excluding hydrogens is 271 g/mol. The number of nitrogen functional groups attached to an aromatic ring is 1. The van der Waals surface area contributed by atoms with Crippen LogP contribution in [0.15, 0.2) is 12.1 Å². The SMILES string of the molecule is CCC1CCN(C(=O)c2cc(N)c(Cl)c(Cl)c2)C1. The number of nitrogens with zero attached hydrogens (tertiary/aromatic N) is 1. The zero-order valence-electron chi connectivity index (χ0n) is 10.2. The molecule has 1 fully saturated rings. The van der Waals surface area contributed by atoms with Gasteiger partial charge in [-0.05, 0) is 24.5 Å². The number of halogens is 2. The Morgan fingerprint density at radius 1 is 1.50 bits per heavy atom. The predicted octanol–water partition coefficient (Wildman–Crippen LogP) is 3.45. The minimum Gasteiger partial charge on any atom is -0.397 e. The minimum atomic E-state index is -0.0174. The van der Waals surface area contributed by atoms with Gasteiger partial charge in [0, 0.05) is 18.7 Å². The fourth-order valence-electron chi connectivity index (χ4n) is 2.27. The smallest absolute Gasteiger partial charge is 0.253 e. The molecule has 1 atom stereocenters. The number of hydrogen-bond acceptors (Lipinski definition) is 2. The zero-order chi connectivity index (χ0) is 13.3. The average molecular weight is 287 g/mol. The molecule has 0 spiro atoms. The normalized spacial score (nSPS) is 19.3. The Hall–Kier alpha value is -0.930. The van der Waals surface area contributed by atoms with Gasteiger partial charge in [-0.15, -0.1) is 0 Å². The molecule has 0 bridgehead atoms. The predicted molar refractivity (Wildman–Crippen MR) is 75.2 cm³/mol. The van der Waals surface area contributed by atoms with E-state index in [2.05, 4.69) is 6.92 Å². The van der Waals surface area contributed by atoms with Crippen LogP contribution >= 0.6 is 23.2 Å². The Morgan fingerprint density at radius 2 is 2.22 bits per heavy atom. The molecule has 1 aliphatic heterocycles. The molecule has 1 amide bonds. The van der Waals surface area contributed by atoms with Crippen LogP contribution in [0, 0.1) is 5.92 Å². The van der Waals surface area contributed by atoms with Crippen molar-refractivity contribution in [2.75, 3.05) is 18.8 Å². The molecule has 1 unspecified atom stereocenters. The number of carbonyl (C=O) groups is 1. The highest BCUT2D eigenvalue weighted by Crippen LogP contribution is 2.30. The minimum absolute atomic E-state index is 0.0174. The first-order valence-electron chi connectivity index (χ1n) is 6.06. The van der Waals surface area contributed by atoms with Crippen molar-refractivity contribution in [3.8, 4) is 0 Å². The van der Waals surface area contributed by atoms with Crippen LogP contribution in [0.5, 0.6) is 0 Å². The number of likely N-dealkylation sites (tertiary alicyclic amines) is 1. The van der Waals surface area contributed by atoms with Gasteiger partial charge in [0.05, 0.1) is 15.7 Å². The maximum atomic E-state index is 12.3. The maximum Gasteiger partial charge on any atom is 0.253 e. The van der Waals surface area contributed by atoms with E-state index in [-0.39, 0.29) is 5.91 Å². The Morgan fingerprint density at radius 3 is 2.78 bits per heavy atom. The summed E-state index contributed by atoms with van der Waals surface area (Å²) in [5.74, 6) is 0.588. The molecule has 1 saturated heterocycles. The van der Waals surface area contributed by atoms with Gasteiger partial charge in [-0.2, -0.15) is 0 Å². The zero-order valence-corrected chi connectivity index (χ0v) is 11.8. The monoisotopic (exact) mass is 286 g/mol. The van der Waals surface area contributed by atoms with E-state index in [4.69, 9.17) is 28.9 Å². The van der Waals surface area contributed by atoms with Gasteiger partial charge in [0.2, 0.25) is 0 Å². The molecule has 0 aliphatic carbocycles. The molecule has 1 aliphatic rings. The molecular formula is C13H16Cl2N2O. The molecule has 0 radical (unpaired) electrons. The number of nitrogens with two attached hydrogens (primary N) is 1. The summed E-state index contributed by atoms with van der Waals surface area (Å²) in [4.78, 5) is 14.1. The van der Waals surface area contributed by atoms with E-state index in [1.807, 2.05) is 4.90 Å². The van der Waals surface area contributed by atoms with E-state index in [9.17, 15) is 4.79 Å². The van der Waals surface area contributed by atoms with Gasteiger partial charge in [-0.25, -0.2) is 0 Å². The van der Waals surface area contributed by atoms with Crippen molar-refractivity contribution in [3.63, 3.8) is 0 Å². The van der Waals surface area contributed by atoms with Crippen LogP contribution in [0.4, 0.5) is 5.69 Å². The van der Waals surface area contributed by atoms with Crippen molar-refractivity contribution < 1.29 is 4.79 Å². The second-order valence-electron chi connectivity index (χ2n) is 4.68. The molecule has 0 aromatic heterocycles. The third kappa shape index (κ3) is 2.57. The first-order valence-corrected chi connectivity index (χ1v) is 6.82. The van der Waals surface area contributed by atoms with Crippen LogP contribution < -0.4 is 5.73 Å². The summed E-state index contributed by atoms with van der Waals surface area (Å²) in [5.41, 5.74) is 6.58. The summed E-state index contributed by atoms with van der Waals surface area (Å²) in [6.45, 7) is 3.77. The van der Waals surface area contributed by atoms with Crippen LogP contribution in [-0.2, 0) is 0 Å². The van der Waals surface area contributed by atoms with Gasteiger partial charge < -0.3 is 10.6 Å². The fourth-order valence-corrected chi connectivity index (χ4v) is 2.60. The van der Waals surface area contributed by atoms with E-state index in [1.54, 1.807) is 12.1 Å². The van der Waals surface area contributed by atoms with Gasteiger partial charge in [0.1, 0.15) is 0 Å². The Balaban J connectivity index is 2.19. The number of rotatable bonds is 2. The van der Waals surface area contributed by atoms with Gasteiger partial charge >= 0.3 is 0 Å². The Bertz CT molecular complexity index is 453. The van der Waals surface area contributed by atoms with Crippen LogP contribution in [-0.4, -0.2) is 23.9 Å². The molecule has 5 heteroatoms. The first kappa shape index (κ1) is 13.5. The van der Waals surface area contributed by atoms with Gasteiger partial charge in [-0.3, -0.25) is 4.79 Å². The number of benzene rings is 1. The lowest BCUT2D eigenvalue weighted by atomic mass is 10.1. The van der Waals surface area contributed by atoms with Crippen molar-refractivity contribution >= 4 is 34.8 Å². The van der Waals surface area contributed by atoms with Crippen LogP contribution in [0.3, 0.4) is 0 Å². The van der Waals surface area contributed by atoms with Crippen molar-refractivity contribution in [3.05, 3.63) is 27.7 Å². The summed E-state index contributed by atoms with van der Waals surface area (Å²) in [6.07, 6.45) is 2.17. The lowest BCUT2D eigenvalue weighted by molar-refractivity contribution is 0.0787. The third-order valence-corrected chi connectivity index (χ3v) is 4.27. The summed E-state index contributed by atoms with van der Waals surface area (Å²) in [5, 5.41) is 0.632. The fraction of sp³-hybridized carbons (Fsp3) is 0.462. The summed E-state index contributed by atoms with van der Waals surface area (Å²) in [7, 11) is 0. The molecule has 0 saturated carbocycles. The lowest BCUT2D eigenvalue weighted by Crippen LogP contribution is -2.28. The maximum absolute atomic E-state index is 12.3. The van der Waals surface area contributed by atoms with Crippen molar-refractivity contribution in [2.24, 2.45) is 5.92 Å². The van der Waals surface area contributed by atoms with Crippen LogP contribution in [0.1, 0.15) is 30.1 Å². The Kier molecular flexibility index (Phi) is 4.03. The number of anilines is 1. The summed E-state index contributed by atoms with van der Waals surface area (Å²) in [6, 6.07) is 3.18. The molecule has 2 N–H and O–H groups in total. The number of amides is 1. The highest BCUT2D eigenvalue weighted by atomic mass is 35.5. The summed E-state index contributed by atoms with van der Waals surface area (Å²) < 4.78 is 0. The molecule has 1 heterocycles. The van der Waals surface area contributed by atoms with Crippen LogP contribution in [0.25, 0.3) is 0 Å². The number of carbonyl (C=O) groups excluding carboxylic acids is 1. The second-order valence-corrected chi connectivity index (χ2v) is 5.46.